The van der Waals surface area contributed by atoms with E-state index in [4.69, 9.17) is 4.74 Å². The second-order valence-corrected chi connectivity index (χ2v) is 4.91. The number of carbonyl (C=O) groups is 2. The lowest BCUT2D eigenvalue weighted by atomic mass is 9.97. The predicted molar refractivity (Wildman–Crippen MR) is 68.6 cm³/mol. The fraction of sp³-hybridized carbons (Fsp3) is 0.833. The van der Waals surface area contributed by atoms with Crippen LogP contribution in [0, 0.1) is 5.92 Å². The third kappa shape index (κ3) is 6.76. The number of rotatable bonds is 5. The molecule has 1 atom stereocenters. The second-order valence-electron chi connectivity index (χ2n) is 4.91. The molecule has 0 radical (unpaired) electrons. The molecule has 0 aromatic rings. The summed E-state index contributed by atoms with van der Waals surface area (Å²) in [6.07, 6.45) is -3.77. The lowest BCUT2D eigenvalue weighted by Gasteiger charge is -2.33. The number of alkyl halides is 3. The number of methoxy groups -OCH3 is 1. The van der Waals surface area contributed by atoms with Crippen LogP contribution in [0.5, 0.6) is 0 Å². The van der Waals surface area contributed by atoms with E-state index in [1.54, 1.807) is 0 Å². The van der Waals surface area contributed by atoms with Crippen molar-refractivity contribution in [2.24, 2.45) is 5.92 Å². The fourth-order valence-electron chi connectivity index (χ4n) is 2.15. The Morgan fingerprint density at radius 1 is 1.38 bits per heavy atom. The largest absolute Gasteiger partial charge is 0.393 e. The molecule has 0 bridgehead atoms. The van der Waals surface area contributed by atoms with Gasteiger partial charge in [-0.1, -0.05) is 0 Å². The Hall–Kier alpha value is -1.35. The summed E-state index contributed by atoms with van der Waals surface area (Å²) < 4.78 is 42.6. The van der Waals surface area contributed by atoms with Crippen LogP contribution < -0.4 is 10.6 Å². The van der Waals surface area contributed by atoms with Crippen molar-refractivity contribution in [1.82, 2.24) is 15.5 Å². The molecule has 1 saturated heterocycles. The molecule has 122 valence electrons. The van der Waals surface area contributed by atoms with Gasteiger partial charge in [0.2, 0.25) is 5.91 Å². The molecular weight excluding hydrogens is 291 g/mol. The second kappa shape index (κ2) is 8.18. The normalized spacial score (nSPS) is 20.1. The average molecular weight is 311 g/mol. The molecule has 1 fully saturated rings. The van der Waals surface area contributed by atoms with Crippen LogP contribution in [0.25, 0.3) is 0 Å². The Morgan fingerprint density at radius 2 is 2.10 bits per heavy atom. The molecule has 0 aromatic carbocycles. The van der Waals surface area contributed by atoms with Gasteiger partial charge in [0.15, 0.2) is 0 Å². The summed E-state index contributed by atoms with van der Waals surface area (Å²) >= 11 is 0. The van der Waals surface area contributed by atoms with Crippen molar-refractivity contribution >= 4 is 11.9 Å². The number of halogens is 3. The predicted octanol–water partition coefficient (Wildman–Crippen LogP) is 0.733. The van der Waals surface area contributed by atoms with Crippen LogP contribution >= 0.6 is 0 Å². The molecule has 6 nitrogen and oxygen atoms in total. The molecule has 9 heteroatoms. The van der Waals surface area contributed by atoms with Gasteiger partial charge in [-0.25, -0.2) is 4.79 Å². The highest BCUT2D eigenvalue weighted by Gasteiger charge is 2.41. The van der Waals surface area contributed by atoms with E-state index in [0.29, 0.717) is 19.6 Å². The number of carbonyl (C=O) groups excluding carboxylic acids is 2. The first-order valence-electron chi connectivity index (χ1n) is 6.68. The molecule has 3 amide bonds. The van der Waals surface area contributed by atoms with Crippen molar-refractivity contribution in [2.45, 2.75) is 19.0 Å². The lowest BCUT2D eigenvalue weighted by molar-refractivity contribution is -0.187. The maximum absolute atomic E-state index is 12.6. The summed E-state index contributed by atoms with van der Waals surface area (Å²) in [6.45, 7) is 0.550. The maximum atomic E-state index is 12.6. The van der Waals surface area contributed by atoms with Crippen molar-refractivity contribution in [2.75, 3.05) is 39.9 Å². The van der Waals surface area contributed by atoms with E-state index in [0.717, 1.165) is 0 Å². The summed E-state index contributed by atoms with van der Waals surface area (Å²) in [5.41, 5.74) is 0. The van der Waals surface area contributed by atoms with Crippen LogP contribution in [0.4, 0.5) is 18.0 Å². The number of nitrogens with one attached hydrogen (secondary N) is 2. The first kappa shape index (κ1) is 17.7. The summed E-state index contributed by atoms with van der Waals surface area (Å²) in [5.74, 6) is -2.03. The maximum Gasteiger partial charge on any atom is 0.393 e. The van der Waals surface area contributed by atoms with Gasteiger partial charge in [0.05, 0.1) is 19.1 Å². The van der Waals surface area contributed by atoms with E-state index in [1.165, 1.54) is 12.0 Å². The smallest absolute Gasteiger partial charge is 0.383 e. The zero-order valence-corrected chi connectivity index (χ0v) is 11.8. The van der Waals surface area contributed by atoms with Gasteiger partial charge in [-0.3, -0.25) is 15.0 Å². The molecule has 1 aliphatic heterocycles. The third-order valence-corrected chi connectivity index (χ3v) is 3.18. The number of likely N-dealkylation sites (tertiary alicyclic amines) is 1. The minimum absolute atomic E-state index is 0.0825. The Labute approximate surface area is 121 Å². The Morgan fingerprint density at radius 3 is 2.71 bits per heavy atom. The van der Waals surface area contributed by atoms with E-state index in [9.17, 15) is 22.8 Å². The van der Waals surface area contributed by atoms with Gasteiger partial charge in [0.25, 0.3) is 0 Å². The van der Waals surface area contributed by atoms with Crippen LogP contribution in [-0.2, 0) is 9.53 Å². The molecular formula is C12H20F3N3O3. The van der Waals surface area contributed by atoms with Gasteiger partial charge in [0, 0.05) is 20.2 Å². The Kier molecular flexibility index (Phi) is 6.90. The van der Waals surface area contributed by atoms with Crippen molar-refractivity contribution in [3.8, 4) is 0 Å². The summed E-state index contributed by atoms with van der Waals surface area (Å²) in [7, 11) is 1.47. The standard InChI is InChI=1S/C12H20F3N3O3/c1-21-6-4-16-11(20)17-10(19)8-18-5-2-3-9(7-18)12(13,14)15/h9H,2-8H2,1H3,(H2,16,17,19,20). The van der Waals surface area contributed by atoms with E-state index in [2.05, 4.69) is 10.6 Å². The van der Waals surface area contributed by atoms with Crippen molar-refractivity contribution in [3.63, 3.8) is 0 Å². The highest BCUT2D eigenvalue weighted by molar-refractivity contribution is 5.95. The number of piperidine rings is 1. The molecule has 1 rings (SSSR count). The van der Waals surface area contributed by atoms with Crippen molar-refractivity contribution in [3.05, 3.63) is 0 Å². The van der Waals surface area contributed by atoms with Crippen LogP contribution in [-0.4, -0.2) is 62.9 Å². The quantitative estimate of drug-likeness (QED) is 0.735. The number of ether oxygens (including phenoxy) is 1. The van der Waals surface area contributed by atoms with Crippen LogP contribution in [0.3, 0.4) is 0 Å². The monoisotopic (exact) mass is 311 g/mol. The molecule has 0 aliphatic carbocycles. The SMILES string of the molecule is COCCNC(=O)NC(=O)CN1CCCC(C(F)(F)F)C1. The van der Waals surface area contributed by atoms with Gasteiger partial charge in [-0.15, -0.1) is 0 Å². The highest BCUT2D eigenvalue weighted by Crippen LogP contribution is 2.32. The number of amides is 3. The van der Waals surface area contributed by atoms with Crippen molar-refractivity contribution in [1.29, 1.82) is 0 Å². The van der Waals surface area contributed by atoms with E-state index in [-0.39, 0.29) is 26.1 Å². The molecule has 0 spiro atoms. The van der Waals surface area contributed by atoms with E-state index in [1.807, 2.05) is 0 Å². The first-order valence-corrected chi connectivity index (χ1v) is 6.68. The number of imide groups is 1. The average Bonchev–Trinajstić information content (AvgIpc) is 2.38. The highest BCUT2D eigenvalue weighted by atomic mass is 19.4. The minimum Gasteiger partial charge on any atom is -0.383 e. The fourth-order valence-corrected chi connectivity index (χ4v) is 2.15. The van der Waals surface area contributed by atoms with Gasteiger partial charge in [-0.2, -0.15) is 13.2 Å². The number of hydrogen-bond acceptors (Lipinski definition) is 4. The minimum atomic E-state index is -4.24. The first-order chi connectivity index (χ1) is 9.82. The molecule has 21 heavy (non-hydrogen) atoms. The van der Waals surface area contributed by atoms with Crippen molar-refractivity contribution < 1.29 is 27.5 Å². The van der Waals surface area contributed by atoms with Gasteiger partial charge >= 0.3 is 12.2 Å². The summed E-state index contributed by atoms with van der Waals surface area (Å²) in [4.78, 5) is 24.3. The molecule has 1 heterocycles. The Bertz CT molecular complexity index is 363. The topological polar surface area (TPSA) is 70.7 Å². The number of hydrogen-bond donors (Lipinski definition) is 2. The zero-order valence-electron chi connectivity index (χ0n) is 11.8. The third-order valence-electron chi connectivity index (χ3n) is 3.18. The van der Waals surface area contributed by atoms with Gasteiger partial charge in [-0.05, 0) is 19.4 Å². The summed E-state index contributed by atoms with van der Waals surface area (Å²) in [6, 6.07) is -0.679. The summed E-state index contributed by atoms with van der Waals surface area (Å²) in [5, 5.41) is 4.46. The number of nitrogens with zero attached hydrogens (tertiary/aromatic N) is 1. The molecule has 0 saturated carbocycles. The van der Waals surface area contributed by atoms with Gasteiger partial charge < -0.3 is 10.1 Å². The molecule has 1 aliphatic rings. The van der Waals surface area contributed by atoms with Crippen LogP contribution in [0.2, 0.25) is 0 Å². The van der Waals surface area contributed by atoms with E-state index < -0.39 is 24.0 Å². The van der Waals surface area contributed by atoms with Gasteiger partial charge in [0.1, 0.15) is 0 Å². The number of urea groups is 1. The Balaban J connectivity index is 2.32. The van der Waals surface area contributed by atoms with E-state index >= 15 is 0 Å². The van der Waals surface area contributed by atoms with Crippen LogP contribution in [0.15, 0.2) is 0 Å². The molecule has 1 unspecified atom stereocenters. The zero-order chi connectivity index (χ0) is 15.9. The van der Waals surface area contributed by atoms with Crippen LogP contribution in [0.1, 0.15) is 12.8 Å². The molecule has 2 N–H and O–H groups in total. The molecule has 0 aromatic heterocycles. The lowest BCUT2D eigenvalue weighted by Crippen LogP contribution is -2.48.